The van der Waals surface area contributed by atoms with Gasteiger partial charge in [0.2, 0.25) is 25.8 Å². The molecule has 2 aliphatic rings. The van der Waals surface area contributed by atoms with Crippen LogP contribution in [-0.2, 0) is 48.3 Å². The molecule has 4 aromatic rings. The van der Waals surface area contributed by atoms with Crippen LogP contribution in [0.4, 0.5) is 44.7 Å². The van der Waals surface area contributed by atoms with Crippen molar-refractivity contribution < 1.29 is 75.8 Å². The molecule has 2 aromatic heterocycles. The molecule has 0 unspecified atom stereocenters. The Bertz CT molecular complexity index is 3310. The second-order valence-electron chi connectivity index (χ2n) is 20.7. The van der Waals surface area contributed by atoms with Crippen molar-refractivity contribution in [3.63, 3.8) is 0 Å². The van der Waals surface area contributed by atoms with Gasteiger partial charge in [-0.3, -0.25) is 14.6 Å². The van der Waals surface area contributed by atoms with E-state index in [2.05, 4.69) is 9.97 Å². The second kappa shape index (κ2) is 23.5. The summed E-state index contributed by atoms with van der Waals surface area (Å²) in [6.45, 7) is 12.1. The van der Waals surface area contributed by atoms with Gasteiger partial charge >= 0.3 is 18.1 Å². The number of halogens is 8. The first-order valence-corrected chi connectivity index (χ1v) is 27.6. The number of aryl methyl sites for hydroxylation is 2. The summed E-state index contributed by atoms with van der Waals surface area (Å²) in [5.74, 6) is -15.9. The molecule has 2 amide bonds. The molecule has 17 nitrogen and oxygen atoms in total. The van der Waals surface area contributed by atoms with E-state index in [4.69, 9.17) is 20.0 Å². The number of carbonyl (C=O) groups excluding carboxylic acids is 3. The predicted molar refractivity (Wildman–Crippen MR) is 270 cm³/mol. The van der Waals surface area contributed by atoms with E-state index in [1.807, 2.05) is 15.5 Å². The first-order chi connectivity index (χ1) is 36.3. The largest absolute Gasteiger partial charge is 0.444 e. The molecule has 0 spiro atoms. The minimum absolute atomic E-state index is 0.0191. The van der Waals surface area contributed by atoms with Gasteiger partial charge in [-0.1, -0.05) is 36.4 Å². The van der Waals surface area contributed by atoms with E-state index in [1.54, 1.807) is 13.0 Å². The maximum Gasteiger partial charge on any atom is 0.410 e. The highest BCUT2D eigenvalue weighted by Gasteiger charge is 2.59. The van der Waals surface area contributed by atoms with E-state index in [0.717, 1.165) is 18.2 Å². The van der Waals surface area contributed by atoms with Crippen LogP contribution in [0.1, 0.15) is 116 Å². The summed E-state index contributed by atoms with van der Waals surface area (Å²) in [7, 11) is -8.38. The summed E-state index contributed by atoms with van der Waals surface area (Å²) >= 11 is 0. The molecule has 4 heterocycles. The number of carbonyl (C=O) groups is 3. The van der Waals surface area contributed by atoms with Crippen LogP contribution in [0.5, 0.6) is 0 Å². The molecular formula is C52H58F8N8O9S2. The highest BCUT2D eigenvalue weighted by atomic mass is 32.2. The number of ether oxygens (including phenoxy) is 2. The number of nitriles is 2. The van der Waals surface area contributed by atoms with Crippen molar-refractivity contribution in [2.45, 2.75) is 135 Å². The predicted octanol–water partition coefficient (Wildman–Crippen LogP) is 8.38. The third-order valence-corrected chi connectivity index (χ3v) is 15.2. The summed E-state index contributed by atoms with van der Waals surface area (Å²) in [4.78, 5) is 47.8. The van der Waals surface area contributed by atoms with Crippen LogP contribution in [0.15, 0.2) is 60.7 Å². The lowest BCUT2D eigenvalue weighted by Gasteiger charge is -2.30. The van der Waals surface area contributed by atoms with Gasteiger partial charge in [0.25, 0.3) is 11.8 Å². The Hall–Kier alpha value is -6.81. The lowest BCUT2D eigenvalue weighted by atomic mass is 9.94. The molecule has 2 aliphatic heterocycles. The van der Waals surface area contributed by atoms with Crippen LogP contribution in [0.25, 0.3) is 0 Å². The lowest BCUT2D eigenvalue weighted by molar-refractivity contribution is -0.0123. The van der Waals surface area contributed by atoms with Crippen LogP contribution in [0, 0.1) is 48.1 Å². The van der Waals surface area contributed by atoms with Crippen molar-refractivity contribution in [2.24, 2.45) is 0 Å². The van der Waals surface area contributed by atoms with Gasteiger partial charge in [0.05, 0.1) is 47.8 Å². The van der Waals surface area contributed by atoms with Crippen LogP contribution < -0.4 is 9.44 Å². The minimum atomic E-state index is -4.23. The van der Waals surface area contributed by atoms with E-state index in [-0.39, 0.29) is 28.2 Å². The van der Waals surface area contributed by atoms with E-state index >= 15 is 35.1 Å². The third kappa shape index (κ3) is 14.9. The number of pyridine rings is 2. The monoisotopic (exact) mass is 1150 g/mol. The van der Waals surface area contributed by atoms with Gasteiger partial charge in [-0.2, -0.15) is 19.3 Å². The number of aromatic nitrogens is 2. The molecule has 0 saturated carbocycles. The van der Waals surface area contributed by atoms with Gasteiger partial charge in [0, 0.05) is 0 Å². The van der Waals surface area contributed by atoms with Crippen molar-refractivity contribution in [3.8, 4) is 12.1 Å². The number of amides is 2. The molecule has 27 heteroatoms. The maximum atomic E-state index is 15.7. The molecule has 0 aliphatic carbocycles. The number of likely N-dealkylation sites (tertiary alicyclic amines) is 2. The summed E-state index contributed by atoms with van der Waals surface area (Å²) in [5, 5.41) is 18.2. The zero-order valence-corrected chi connectivity index (χ0v) is 46.2. The van der Waals surface area contributed by atoms with Crippen molar-refractivity contribution >= 4 is 38.0 Å². The van der Waals surface area contributed by atoms with Crippen LogP contribution in [0.2, 0.25) is 0 Å². The van der Waals surface area contributed by atoms with Gasteiger partial charge in [0.1, 0.15) is 69.8 Å². The average molecular weight is 1160 g/mol. The topological polar surface area (TPSA) is 242 Å². The Labute approximate surface area is 452 Å². The second-order valence-corrected chi connectivity index (χ2v) is 24.8. The fourth-order valence-corrected chi connectivity index (χ4v) is 10.3. The Balaban J connectivity index is 0.000000291. The molecule has 2 saturated heterocycles. The minimum Gasteiger partial charge on any atom is -0.444 e. The maximum absolute atomic E-state index is 15.7. The van der Waals surface area contributed by atoms with E-state index < -0.39 is 163 Å². The number of sulfonamides is 2. The lowest BCUT2D eigenvalue weighted by Crippen LogP contribution is -2.53. The summed E-state index contributed by atoms with van der Waals surface area (Å²) in [6, 6.07) is 8.06. The molecule has 79 heavy (non-hydrogen) atoms. The number of ketones is 1. The quantitative estimate of drug-likeness (QED) is 0.0892. The molecule has 428 valence electrons. The molecule has 6 rings (SSSR count). The zero-order valence-electron chi connectivity index (χ0n) is 44.5. The Morgan fingerprint density at radius 2 is 1.09 bits per heavy atom. The Morgan fingerprint density at radius 1 is 0.671 bits per heavy atom. The number of benzene rings is 2. The summed E-state index contributed by atoms with van der Waals surface area (Å²) in [6.07, 6.45) is -3.62. The summed E-state index contributed by atoms with van der Waals surface area (Å²) in [5.41, 5.74) is -5.37. The fourth-order valence-electron chi connectivity index (χ4n) is 8.52. The van der Waals surface area contributed by atoms with Crippen molar-refractivity contribution in [2.75, 3.05) is 24.6 Å². The van der Waals surface area contributed by atoms with Crippen molar-refractivity contribution in [3.05, 3.63) is 128 Å². The fraction of sp³-hybridized carbons (Fsp3) is 0.481. The summed E-state index contributed by atoms with van der Waals surface area (Å²) < 4.78 is 187. The molecule has 2 N–H and O–H groups in total. The molecule has 2 fully saturated rings. The van der Waals surface area contributed by atoms with E-state index in [1.165, 1.54) is 105 Å². The molecule has 0 bridgehead atoms. The standard InChI is InChI=1S/C26H29F5N4O4S.C26H29F3N4O5S/c1-6-40(37,38)34-22-19(35(14-25(22,28)29)23(36)39-24(3,4)5)12-16-8-7-9-18(20(16)27)26(30,31)21-15(2)10-11-17(13-32)33-21;1-6-39(36,37)32-23-19(33(14-26(23,28)29)24(35)38-25(3,4)5)12-16-8-7-9-18(20(16)27)22(34)21-15(2)10-11-17(13-30)31-21/h7-11,19,22,34H,6,12,14H2,1-5H3;7-11,19,23,32H,6,12,14H2,1-5H3/t19-,22+;19-,23+/m00/s1. The first kappa shape index (κ1) is 63.0. The van der Waals surface area contributed by atoms with Crippen LogP contribution in [0.3, 0.4) is 0 Å². The zero-order chi connectivity index (χ0) is 59.6. The number of hydrogen-bond donors (Lipinski definition) is 2. The Morgan fingerprint density at radius 3 is 1.52 bits per heavy atom. The number of rotatable bonds is 14. The number of nitrogens with one attached hydrogen (secondary N) is 2. The van der Waals surface area contributed by atoms with Gasteiger partial charge in [0.15, 0.2) is 0 Å². The highest BCUT2D eigenvalue weighted by Crippen LogP contribution is 2.41. The van der Waals surface area contributed by atoms with E-state index in [0.29, 0.717) is 15.4 Å². The molecule has 0 radical (unpaired) electrons. The van der Waals surface area contributed by atoms with Gasteiger partial charge < -0.3 is 9.47 Å². The number of nitrogens with zero attached hydrogens (tertiary/aromatic N) is 6. The van der Waals surface area contributed by atoms with Gasteiger partial charge in [-0.15, -0.1) is 0 Å². The van der Waals surface area contributed by atoms with Crippen LogP contribution in [-0.4, -0.2) is 126 Å². The number of hydrogen-bond acceptors (Lipinski definition) is 13. The molecule has 4 atom stereocenters. The van der Waals surface area contributed by atoms with Gasteiger partial charge in [-0.25, -0.2) is 72.2 Å². The van der Waals surface area contributed by atoms with E-state index in [9.17, 15) is 31.2 Å². The SMILES string of the molecule is CCS(=O)(=O)N[C@@H]1[C@H](Cc2cccc(C(=O)c3nc(C#N)ccc3C)c2F)N(C(=O)OC(C)(C)C)CC1(F)F.CCS(=O)(=O)N[C@@H]1[C@H](Cc2cccc(C(F)(F)c3nc(C#N)ccc3C)c2F)N(C(=O)OC(C)(C)C)CC1(F)F. The average Bonchev–Trinajstić information content (AvgIpc) is 3.86. The normalized spacial score (nSPS) is 19.2. The van der Waals surface area contributed by atoms with Crippen LogP contribution >= 0.6 is 0 Å². The number of alkyl halides is 6. The molecule has 2 aromatic carbocycles. The third-order valence-electron chi connectivity index (χ3n) is 12.4. The van der Waals surface area contributed by atoms with Crippen molar-refractivity contribution in [1.29, 1.82) is 10.5 Å². The first-order valence-electron chi connectivity index (χ1n) is 24.3. The molecular weight excluding hydrogens is 1100 g/mol. The van der Waals surface area contributed by atoms with Crippen molar-refractivity contribution in [1.82, 2.24) is 29.2 Å². The van der Waals surface area contributed by atoms with Gasteiger partial charge in [-0.05, 0) is 129 Å². The highest BCUT2D eigenvalue weighted by molar-refractivity contribution is 7.89. The Kier molecular flexibility index (Phi) is 18.7. The smallest absolute Gasteiger partial charge is 0.410 e.